The van der Waals surface area contributed by atoms with Crippen LogP contribution in [0.1, 0.15) is 35.0 Å². The lowest BCUT2D eigenvalue weighted by molar-refractivity contribution is -0.121. The molecule has 8 heteroatoms. The van der Waals surface area contributed by atoms with Crippen LogP contribution in [0.3, 0.4) is 0 Å². The second-order valence-corrected chi connectivity index (χ2v) is 7.48. The fourth-order valence-electron chi connectivity index (χ4n) is 3.71. The Bertz CT molecular complexity index is 1060. The SMILES string of the molecule is Cc1nc(N2CCOCC2)[nH]c(=O)c1CCC(=O)NC(c1ccccc1)c1ccco1. The highest BCUT2D eigenvalue weighted by Crippen LogP contribution is 2.22. The molecule has 8 nitrogen and oxygen atoms in total. The number of H-pyrrole nitrogens is 1. The minimum absolute atomic E-state index is 0.165. The third-order valence-electron chi connectivity index (χ3n) is 5.39. The van der Waals surface area contributed by atoms with E-state index < -0.39 is 0 Å². The van der Waals surface area contributed by atoms with Crippen molar-refractivity contribution in [2.45, 2.75) is 25.8 Å². The molecule has 1 atom stereocenters. The van der Waals surface area contributed by atoms with Crippen molar-refractivity contribution >= 4 is 11.9 Å². The van der Waals surface area contributed by atoms with E-state index in [9.17, 15) is 9.59 Å². The highest BCUT2D eigenvalue weighted by molar-refractivity contribution is 5.77. The summed E-state index contributed by atoms with van der Waals surface area (Å²) < 4.78 is 10.9. The van der Waals surface area contributed by atoms with E-state index in [0.717, 1.165) is 5.56 Å². The van der Waals surface area contributed by atoms with Gasteiger partial charge in [-0.05, 0) is 31.0 Å². The maximum atomic E-state index is 12.7. The summed E-state index contributed by atoms with van der Waals surface area (Å²) >= 11 is 0. The summed E-state index contributed by atoms with van der Waals surface area (Å²) in [5.41, 5.74) is 1.90. The number of hydrogen-bond acceptors (Lipinski definition) is 6. The lowest BCUT2D eigenvalue weighted by Crippen LogP contribution is -2.38. The average Bonchev–Trinajstić information content (AvgIpc) is 3.32. The van der Waals surface area contributed by atoms with Gasteiger partial charge in [-0.3, -0.25) is 14.6 Å². The van der Waals surface area contributed by atoms with Crippen LogP contribution in [0.15, 0.2) is 57.9 Å². The lowest BCUT2D eigenvalue weighted by Gasteiger charge is -2.27. The summed E-state index contributed by atoms with van der Waals surface area (Å²) in [6.07, 6.45) is 2.07. The first-order valence-electron chi connectivity index (χ1n) is 10.4. The third-order valence-corrected chi connectivity index (χ3v) is 5.39. The monoisotopic (exact) mass is 422 g/mol. The number of ether oxygens (including phenoxy) is 1. The second-order valence-electron chi connectivity index (χ2n) is 7.48. The molecule has 0 bridgehead atoms. The average molecular weight is 422 g/mol. The Labute approximate surface area is 180 Å². The Kier molecular flexibility index (Phi) is 6.47. The van der Waals surface area contributed by atoms with Gasteiger partial charge < -0.3 is 19.4 Å². The van der Waals surface area contributed by atoms with E-state index in [4.69, 9.17) is 9.15 Å². The number of hydrogen-bond donors (Lipinski definition) is 2. The summed E-state index contributed by atoms with van der Waals surface area (Å²) in [6, 6.07) is 12.9. The number of aromatic nitrogens is 2. The molecule has 4 rings (SSSR count). The normalized spacial score (nSPS) is 14.9. The molecule has 1 aliphatic rings. The van der Waals surface area contributed by atoms with Crippen molar-refractivity contribution in [3.05, 3.63) is 81.7 Å². The Hall–Kier alpha value is -3.39. The van der Waals surface area contributed by atoms with Gasteiger partial charge in [0.15, 0.2) is 0 Å². The van der Waals surface area contributed by atoms with Crippen LogP contribution >= 0.6 is 0 Å². The molecule has 1 unspecified atom stereocenters. The minimum Gasteiger partial charge on any atom is -0.467 e. The van der Waals surface area contributed by atoms with Gasteiger partial charge in [0.1, 0.15) is 11.8 Å². The van der Waals surface area contributed by atoms with Crippen molar-refractivity contribution in [1.29, 1.82) is 0 Å². The molecular weight excluding hydrogens is 396 g/mol. The molecule has 31 heavy (non-hydrogen) atoms. The molecule has 0 aliphatic carbocycles. The van der Waals surface area contributed by atoms with Gasteiger partial charge in [-0.15, -0.1) is 0 Å². The molecular formula is C23H26N4O4. The van der Waals surface area contributed by atoms with E-state index in [2.05, 4.69) is 15.3 Å². The minimum atomic E-state index is -0.384. The van der Waals surface area contributed by atoms with Crippen molar-refractivity contribution in [3.63, 3.8) is 0 Å². The van der Waals surface area contributed by atoms with Gasteiger partial charge in [0.25, 0.3) is 5.56 Å². The number of nitrogens with zero attached hydrogens (tertiary/aromatic N) is 2. The molecule has 0 radical (unpaired) electrons. The molecule has 1 aliphatic heterocycles. The van der Waals surface area contributed by atoms with Crippen LogP contribution < -0.4 is 15.8 Å². The largest absolute Gasteiger partial charge is 0.467 e. The number of carbonyl (C=O) groups excluding carboxylic acids is 1. The summed E-state index contributed by atoms with van der Waals surface area (Å²) in [5, 5.41) is 3.02. The molecule has 162 valence electrons. The first-order valence-corrected chi connectivity index (χ1v) is 10.4. The summed E-state index contributed by atoms with van der Waals surface area (Å²) in [4.78, 5) is 34.8. The maximum Gasteiger partial charge on any atom is 0.255 e. The van der Waals surface area contributed by atoms with E-state index in [1.54, 1.807) is 12.3 Å². The van der Waals surface area contributed by atoms with Crippen molar-refractivity contribution in [2.24, 2.45) is 0 Å². The van der Waals surface area contributed by atoms with Gasteiger partial charge in [-0.1, -0.05) is 30.3 Å². The molecule has 2 N–H and O–H groups in total. The van der Waals surface area contributed by atoms with E-state index in [1.165, 1.54) is 0 Å². The number of aromatic amines is 1. The zero-order valence-electron chi connectivity index (χ0n) is 17.5. The van der Waals surface area contributed by atoms with E-state index >= 15 is 0 Å². The molecule has 1 amide bonds. The van der Waals surface area contributed by atoms with Crippen molar-refractivity contribution in [3.8, 4) is 0 Å². The smallest absolute Gasteiger partial charge is 0.255 e. The third kappa shape index (κ3) is 5.03. The van der Waals surface area contributed by atoms with Crippen LogP contribution in [0.2, 0.25) is 0 Å². The Morgan fingerprint density at radius 2 is 1.97 bits per heavy atom. The number of furan rings is 1. The predicted octanol–water partition coefficient (Wildman–Crippen LogP) is 2.35. The standard InChI is InChI=1S/C23H26N4O4/c1-16-18(22(29)26-23(24-16)27-11-14-30-15-12-27)9-10-20(28)25-21(19-8-5-13-31-19)17-6-3-2-4-7-17/h2-8,13,21H,9-12,14-15H2,1H3,(H,25,28)(H,24,26,29). The summed E-state index contributed by atoms with van der Waals surface area (Å²) in [7, 11) is 0. The number of amides is 1. The number of nitrogens with one attached hydrogen (secondary N) is 2. The van der Waals surface area contributed by atoms with Gasteiger partial charge in [0.05, 0.1) is 19.5 Å². The molecule has 0 spiro atoms. The summed E-state index contributed by atoms with van der Waals surface area (Å²) in [5.74, 6) is 1.05. The highest BCUT2D eigenvalue weighted by Gasteiger charge is 2.20. The molecule has 0 saturated carbocycles. The number of benzene rings is 1. The van der Waals surface area contributed by atoms with Crippen LogP contribution in [-0.4, -0.2) is 42.2 Å². The topological polar surface area (TPSA) is 100 Å². The molecule has 1 fully saturated rings. The van der Waals surface area contributed by atoms with E-state index in [1.807, 2.05) is 48.2 Å². The first-order chi connectivity index (χ1) is 15.1. The zero-order chi connectivity index (χ0) is 21.6. The lowest BCUT2D eigenvalue weighted by atomic mass is 10.0. The van der Waals surface area contributed by atoms with Crippen LogP contribution in [0.5, 0.6) is 0 Å². The Morgan fingerprint density at radius 1 is 1.19 bits per heavy atom. The fraction of sp³-hybridized carbons (Fsp3) is 0.348. The van der Waals surface area contributed by atoms with Crippen molar-refractivity contribution in [1.82, 2.24) is 15.3 Å². The fourth-order valence-corrected chi connectivity index (χ4v) is 3.71. The molecule has 1 saturated heterocycles. The Balaban J connectivity index is 1.43. The van der Waals surface area contributed by atoms with Gasteiger partial charge >= 0.3 is 0 Å². The van der Waals surface area contributed by atoms with Gasteiger partial charge in [-0.25, -0.2) is 4.98 Å². The predicted molar refractivity (Wildman–Crippen MR) is 116 cm³/mol. The van der Waals surface area contributed by atoms with Crippen molar-refractivity contribution in [2.75, 3.05) is 31.2 Å². The number of carbonyl (C=O) groups is 1. The second kappa shape index (κ2) is 9.61. The maximum absolute atomic E-state index is 12.7. The number of anilines is 1. The number of rotatable bonds is 7. The van der Waals surface area contributed by atoms with Crippen LogP contribution in [0.25, 0.3) is 0 Å². The van der Waals surface area contributed by atoms with E-state index in [-0.39, 0.29) is 23.9 Å². The van der Waals surface area contributed by atoms with Gasteiger partial charge in [-0.2, -0.15) is 0 Å². The van der Waals surface area contributed by atoms with E-state index in [0.29, 0.717) is 55.7 Å². The molecule has 3 aromatic rings. The number of morpholine rings is 1. The van der Waals surface area contributed by atoms with Crippen LogP contribution in [-0.2, 0) is 16.0 Å². The number of aryl methyl sites for hydroxylation is 1. The zero-order valence-corrected chi connectivity index (χ0v) is 17.5. The van der Waals surface area contributed by atoms with Crippen LogP contribution in [0.4, 0.5) is 5.95 Å². The van der Waals surface area contributed by atoms with Gasteiger partial charge in [0.2, 0.25) is 11.9 Å². The molecule has 2 aromatic heterocycles. The molecule has 1 aromatic carbocycles. The van der Waals surface area contributed by atoms with Crippen molar-refractivity contribution < 1.29 is 13.9 Å². The summed E-state index contributed by atoms with van der Waals surface area (Å²) in [6.45, 7) is 4.42. The highest BCUT2D eigenvalue weighted by atomic mass is 16.5. The first kappa shape index (κ1) is 20.9. The Morgan fingerprint density at radius 3 is 2.65 bits per heavy atom. The molecule has 3 heterocycles. The quantitative estimate of drug-likeness (QED) is 0.606. The van der Waals surface area contributed by atoms with Crippen LogP contribution in [0, 0.1) is 6.92 Å². The van der Waals surface area contributed by atoms with Gasteiger partial charge in [0, 0.05) is 30.8 Å².